The summed E-state index contributed by atoms with van der Waals surface area (Å²) in [6.07, 6.45) is 1.93. The lowest BCUT2D eigenvalue weighted by molar-refractivity contribution is -0.360. The molecule has 3 rings (SSSR count). The molecule has 1 saturated heterocycles. The van der Waals surface area contributed by atoms with Crippen molar-refractivity contribution in [3.05, 3.63) is 33.5 Å². The van der Waals surface area contributed by atoms with E-state index in [1.54, 1.807) is 7.05 Å². The van der Waals surface area contributed by atoms with Crippen LogP contribution in [0.15, 0.2) is 16.8 Å². The topological polar surface area (TPSA) is 68.6 Å². The third-order valence-corrected chi connectivity index (χ3v) is 3.76. The first-order valence-electron chi connectivity index (χ1n) is 6.55. The van der Waals surface area contributed by atoms with Crippen molar-refractivity contribution in [2.45, 2.75) is 25.9 Å². The molecule has 0 unspecified atom stereocenters. The molecule has 0 bridgehead atoms. The molecule has 8 heteroatoms. The van der Waals surface area contributed by atoms with Crippen LogP contribution in [-0.4, -0.2) is 41.9 Å². The molecule has 1 N–H and O–H groups in total. The summed E-state index contributed by atoms with van der Waals surface area (Å²) in [5.74, 6) is 0. The van der Waals surface area contributed by atoms with Gasteiger partial charge in [0.25, 0.3) is 0 Å². The van der Waals surface area contributed by atoms with Crippen molar-refractivity contribution < 1.29 is 9.47 Å². The Balaban J connectivity index is 1.95. The van der Waals surface area contributed by atoms with Crippen LogP contribution in [0.3, 0.4) is 0 Å². The largest absolute Gasteiger partial charge is 0.387 e. The van der Waals surface area contributed by atoms with Crippen LogP contribution >= 0.6 is 23.2 Å². The van der Waals surface area contributed by atoms with Gasteiger partial charge >= 0.3 is 0 Å². The van der Waals surface area contributed by atoms with E-state index in [1.807, 2.05) is 13.0 Å². The highest BCUT2D eigenvalue weighted by atomic mass is 35.5. The van der Waals surface area contributed by atoms with Gasteiger partial charge in [-0.25, -0.2) is 9.97 Å². The summed E-state index contributed by atoms with van der Waals surface area (Å²) in [4.78, 5) is 12.7. The maximum atomic E-state index is 6.13. The highest BCUT2D eigenvalue weighted by Gasteiger charge is 2.31. The zero-order valence-corrected chi connectivity index (χ0v) is 13.1. The first-order valence-corrected chi connectivity index (χ1v) is 7.31. The molecule has 0 saturated carbocycles. The van der Waals surface area contributed by atoms with Crippen LogP contribution < -0.4 is 5.32 Å². The molecule has 0 radical (unpaired) electrons. The van der Waals surface area contributed by atoms with Crippen molar-refractivity contribution in [2.24, 2.45) is 4.99 Å². The summed E-state index contributed by atoms with van der Waals surface area (Å²) >= 11 is 12.0. The number of aliphatic imine (C=N–C) groups is 1. The van der Waals surface area contributed by atoms with Crippen molar-refractivity contribution in [3.63, 3.8) is 0 Å². The monoisotopic (exact) mass is 328 g/mol. The van der Waals surface area contributed by atoms with Gasteiger partial charge in [-0.05, 0) is 31.0 Å². The van der Waals surface area contributed by atoms with E-state index < -0.39 is 6.29 Å². The van der Waals surface area contributed by atoms with Crippen molar-refractivity contribution in [2.75, 3.05) is 13.6 Å². The molecule has 0 aliphatic carbocycles. The van der Waals surface area contributed by atoms with Gasteiger partial charge in [-0.2, -0.15) is 0 Å². The molecule has 6 nitrogen and oxygen atoms in total. The Morgan fingerprint density at radius 3 is 2.76 bits per heavy atom. The number of nitrogens with one attached hydrogen (secondary N) is 1. The Labute approximate surface area is 132 Å². The van der Waals surface area contributed by atoms with E-state index in [9.17, 15) is 0 Å². The number of hydrogen-bond donors (Lipinski definition) is 1. The summed E-state index contributed by atoms with van der Waals surface area (Å²) < 4.78 is 11.0. The van der Waals surface area contributed by atoms with E-state index >= 15 is 0 Å². The molecule has 1 fully saturated rings. The average molecular weight is 329 g/mol. The van der Waals surface area contributed by atoms with Gasteiger partial charge < -0.3 is 14.8 Å². The lowest BCUT2D eigenvalue weighted by atomic mass is 10.0. The quantitative estimate of drug-likeness (QED) is 0.678. The van der Waals surface area contributed by atoms with Gasteiger partial charge in [0.1, 0.15) is 5.15 Å². The number of likely N-dealkylation sites (N-methyl/N-ethyl adjacent to an activating group) is 1. The van der Waals surface area contributed by atoms with Gasteiger partial charge in [0.2, 0.25) is 11.6 Å². The standard InChI is InChI=1S/C13H14Cl2N4O2/c1-6-20-12(21-6)9(16-2)5-8-10-7(3-4-17-8)11(14)19-13(15)18-10/h5-6,12,16H,3-4H2,1-2H3. The molecule has 2 aliphatic rings. The van der Waals surface area contributed by atoms with Gasteiger partial charge in [-0.1, -0.05) is 11.6 Å². The molecule has 112 valence electrons. The Hall–Kier alpha value is -1.21. The molecule has 0 atom stereocenters. The lowest BCUT2D eigenvalue weighted by Crippen LogP contribution is -2.43. The second-order valence-corrected chi connectivity index (χ2v) is 5.35. The van der Waals surface area contributed by atoms with Crippen molar-refractivity contribution >= 4 is 28.9 Å². The molecule has 0 amide bonds. The fourth-order valence-electron chi connectivity index (χ4n) is 2.25. The Bertz CT molecular complexity index is 627. The van der Waals surface area contributed by atoms with E-state index in [-0.39, 0.29) is 11.6 Å². The van der Waals surface area contributed by atoms with Gasteiger partial charge in [-0.3, -0.25) is 4.99 Å². The molecule has 0 spiro atoms. The maximum Gasteiger partial charge on any atom is 0.224 e. The molecule has 21 heavy (non-hydrogen) atoms. The highest BCUT2D eigenvalue weighted by molar-refractivity contribution is 6.33. The van der Waals surface area contributed by atoms with Crippen LogP contribution in [0.4, 0.5) is 0 Å². The molecular formula is C13H14Cl2N4O2. The minimum Gasteiger partial charge on any atom is -0.387 e. The van der Waals surface area contributed by atoms with E-state index in [4.69, 9.17) is 32.7 Å². The molecule has 0 aromatic carbocycles. The summed E-state index contributed by atoms with van der Waals surface area (Å²) in [7, 11) is 1.80. The molecule has 1 aromatic heterocycles. The third kappa shape index (κ3) is 2.89. The second-order valence-electron chi connectivity index (χ2n) is 4.65. The van der Waals surface area contributed by atoms with Gasteiger partial charge in [0.05, 0.1) is 17.1 Å². The normalized spacial score (nSPS) is 25.0. The number of fused-ring (bicyclic) bond motifs is 1. The number of hydrogen-bond acceptors (Lipinski definition) is 6. The summed E-state index contributed by atoms with van der Waals surface area (Å²) in [6, 6.07) is 0. The van der Waals surface area contributed by atoms with Gasteiger partial charge in [-0.15, -0.1) is 0 Å². The predicted molar refractivity (Wildman–Crippen MR) is 79.7 cm³/mol. The number of halogens is 2. The fraction of sp³-hybridized carbons (Fsp3) is 0.462. The smallest absolute Gasteiger partial charge is 0.224 e. The third-order valence-electron chi connectivity index (χ3n) is 3.28. The first-order chi connectivity index (χ1) is 10.1. The Kier molecular flexibility index (Phi) is 4.12. The minimum atomic E-state index is -0.411. The first kappa shape index (κ1) is 14.7. The zero-order chi connectivity index (χ0) is 15.0. The summed E-state index contributed by atoms with van der Waals surface area (Å²) in [5.41, 5.74) is 2.98. The summed E-state index contributed by atoms with van der Waals surface area (Å²) in [5, 5.41) is 3.54. The number of rotatable bonds is 3. The van der Waals surface area contributed by atoms with Crippen LogP contribution in [-0.2, 0) is 15.9 Å². The SMILES string of the molecule is CNC(=CC1=NCCc2c(Cl)nc(Cl)nc21)C1OC(C)O1. The molecule has 2 aliphatic heterocycles. The minimum absolute atomic E-state index is 0.109. The van der Waals surface area contributed by atoms with Crippen molar-refractivity contribution in [1.29, 1.82) is 0 Å². The number of allylic oxidation sites excluding steroid dienone is 1. The number of ether oxygens (including phenoxy) is 2. The molecular weight excluding hydrogens is 315 g/mol. The Morgan fingerprint density at radius 2 is 2.10 bits per heavy atom. The van der Waals surface area contributed by atoms with Crippen LogP contribution in [0.25, 0.3) is 0 Å². The van der Waals surface area contributed by atoms with Crippen LogP contribution in [0.5, 0.6) is 0 Å². The van der Waals surface area contributed by atoms with Crippen molar-refractivity contribution in [3.8, 4) is 0 Å². The second kappa shape index (κ2) is 5.88. The van der Waals surface area contributed by atoms with Crippen LogP contribution in [0.2, 0.25) is 10.4 Å². The van der Waals surface area contributed by atoms with E-state index in [0.717, 1.165) is 11.3 Å². The van der Waals surface area contributed by atoms with Crippen LogP contribution in [0, 0.1) is 0 Å². The maximum absolute atomic E-state index is 6.13. The van der Waals surface area contributed by atoms with E-state index in [1.165, 1.54) is 0 Å². The predicted octanol–water partition coefficient (Wildman–Crippen LogP) is 1.95. The number of aromatic nitrogens is 2. The average Bonchev–Trinajstić information content (AvgIpc) is 2.42. The van der Waals surface area contributed by atoms with E-state index in [2.05, 4.69) is 20.3 Å². The fourth-order valence-corrected chi connectivity index (χ4v) is 2.73. The van der Waals surface area contributed by atoms with Gasteiger partial charge in [0.15, 0.2) is 6.29 Å². The lowest BCUT2D eigenvalue weighted by Gasteiger charge is -2.35. The van der Waals surface area contributed by atoms with E-state index in [0.29, 0.717) is 29.5 Å². The Morgan fingerprint density at radius 1 is 1.33 bits per heavy atom. The highest BCUT2D eigenvalue weighted by Crippen LogP contribution is 2.26. The van der Waals surface area contributed by atoms with Crippen molar-refractivity contribution in [1.82, 2.24) is 15.3 Å². The number of nitrogens with zero attached hydrogens (tertiary/aromatic N) is 3. The van der Waals surface area contributed by atoms with Crippen LogP contribution in [0.1, 0.15) is 18.2 Å². The van der Waals surface area contributed by atoms with Gasteiger partial charge in [0, 0.05) is 19.2 Å². The molecule has 1 aromatic rings. The summed E-state index contributed by atoms with van der Waals surface area (Å²) in [6.45, 7) is 2.47. The zero-order valence-electron chi connectivity index (χ0n) is 11.6. The molecule has 3 heterocycles.